The Bertz CT molecular complexity index is 681. The normalized spacial score (nSPS) is 10.7. The van der Waals surface area contributed by atoms with Crippen LogP contribution in [0.3, 0.4) is 0 Å². The van der Waals surface area contributed by atoms with E-state index in [0.717, 1.165) is 26.8 Å². The third kappa shape index (κ3) is 3.55. The number of hydrogen-bond acceptors (Lipinski definition) is 3. The fourth-order valence-corrected chi connectivity index (χ4v) is 3.10. The zero-order valence-electron chi connectivity index (χ0n) is 12.1. The lowest BCUT2D eigenvalue weighted by Gasteiger charge is -2.11. The molecule has 1 aromatic carbocycles. The summed E-state index contributed by atoms with van der Waals surface area (Å²) in [5.41, 5.74) is 2.52. The van der Waals surface area contributed by atoms with Crippen LogP contribution in [-0.2, 0) is 20.1 Å². The van der Waals surface area contributed by atoms with Crippen LogP contribution in [0.4, 0.5) is 0 Å². The van der Waals surface area contributed by atoms with Gasteiger partial charge in [-0.15, -0.1) is 0 Å². The molecule has 0 radical (unpaired) electrons. The number of ether oxygens (including phenoxy) is 1. The molecule has 0 spiro atoms. The van der Waals surface area contributed by atoms with Crippen molar-refractivity contribution in [2.24, 2.45) is 7.05 Å². The fourth-order valence-electron chi connectivity index (χ4n) is 2.03. The van der Waals surface area contributed by atoms with E-state index in [2.05, 4.69) is 43.9 Å². The van der Waals surface area contributed by atoms with Crippen molar-refractivity contribution >= 4 is 37.6 Å². The number of rotatable bonds is 5. The maximum atomic E-state index is 11.7. The quantitative estimate of drug-likeness (QED) is 0.684. The van der Waals surface area contributed by atoms with Crippen LogP contribution in [0.25, 0.3) is 0 Å². The molecule has 0 saturated heterocycles. The van der Waals surface area contributed by atoms with Gasteiger partial charge < -0.3 is 4.74 Å². The number of aromatic nitrogens is 2. The zero-order valence-corrected chi connectivity index (χ0v) is 15.3. The van der Waals surface area contributed by atoms with Crippen molar-refractivity contribution < 1.29 is 9.53 Å². The summed E-state index contributed by atoms with van der Waals surface area (Å²) in [4.78, 5) is 11.7. The minimum Gasteiger partial charge on any atom is -0.486 e. The highest BCUT2D eigenvalue weighted by Crippen LogP contribution is 2.27. The van der Waals surface area contributed by atoms with Gasteiger partial charge in [-0.1, -0.05) is 22.9 Å². The van der Waals surface area contributed by atoms with Gasteiger partial charge in [-0.05, 0) is 47.5 Å². The number of ketones is 1. The molecule has 0 aliphatic carbocycles. The molecular weight excluding hydrogens is 400 g/mol. The largest absolute Gasteiger partial charge is 0.486 e. The molecule has 0 N–H and O–H groups in total. The first-order chi connectivity index (χ1) is 9.93. The Morgan fingerprint density at radius 2 is 2.10 bits per heavy atom. The number of carbonyl (C=O) groups is 1. The highest BCUT2D eigenvalue weighted by atomic mass is 79.9. The van der Waals surface area contributed by atoms with Crippen LogP contribution in [0.1, 0.15) is 35.6 Å². The molecule has 6 heteroatoms. The maximum Gasteiger partial charge on any atom is 0.163 e. The van der Waals surface area contributed by atoms with Gasteiger partial charge in [0.25, 0.3) is 0 Å². The molecule has 2 aromatic rings. The van der Waals surface area contributed by atoms with Crippen molar-refractivity contribution in [3.63, 3.8) is 0 Å². The highest BCUT2D eigenvalue weighted by Gasteiger charge is 2.15. The van der Waals surface area contributed by atoms with Crippen molar-refractivity contribution in [1.29, 1.82) is 0 Å². The van der Waals surface area contributed by atoms with Crippen LogP contribution in [-0.4, -0.2) is 15.6 Å². The van der Waals surface area contributed by atoms with Crippen LogP contribution in [0.2, 0.25) is 0 Å². The van der Waals surface area contributed by atoms with Gasteiger partial charge >= 0.3 is 0 Å². The summed E-state index contributed by atoms with van der Waals surface area (Å²) in [7, 11) is 1.88. The molecule has 0 amide bonds. The van der Waals surface area contributed by atoms with Gasteiger partial charge in [-0.2, -0.15) is 5.10 Å². The van der Waals surface area contributed by atoms with Crippen molar-refractivity contribution in [2.45, 2.75) is 26.9 Å². The molecule has 0 unspecified atom stereocenters. The van der Waals surface area contributed by atoms with Gasteiger partial charge in [0.2, 0.25) is 0 Å². The minimum absolute atomic E-state index is 0.0178. The van der Waals surface area contributed by atoms with Crippen LogP contribution in [0, 0.1) is 0 Å². The first kappa shape index (κ1) is 16.2. The number of Topliss-reactive ketones (excluding diaryl/α,β-unsaturated/α-hetero) is 1. The Balaban J connectivity index is 2.26. The van der Waals surface area contributed by atoms with Gasteiger partial charge in [0.15, 0.2) is 5.78 Å². The second kappa shape index (κ2) is 6.75. The molecule has 0 aliphatic rings. The SMILES string of the molecule is CCc1nn(C)c(COc2cc(Br)ccc2C(C)=O)c1Br. The van der Waals surface area contributed by atoms with E-state index in [1.807, 2.05) is 19.2 Å². The van der Waals surface area contributed by atoms with E-state index < -0.39 is 0 Å². The maximum absolute atomic E-state index is 11.7. The molecule has 1 aromatic heterocycles. The highest BCUT2D eigenvalue weighted by molar-refractivity contribution is 9.10. The lowest BCUT2D eigenvalue weighted by atomic mass is 10.1. The average Bonchev–Trinajstić information content (AvgIpc) is 2.71. The first-order valence-corrected chi connectivity index (χ1v) is 8.16. The van der Waals surface area contributed by atoms with E-state index in [1.165, 1.54) is 6.92 Å². The van der Waals surface area contributed by atoms with Crippen LogP contribution < -0.4 is 4.74 Å². The number of nitrogens with zero attached hydrogens (tertiary/aromatic N) is 2. The fraction of sp³-hybridized carbons (Fsp3) is 0.333. The first-order valence-electron chi connectivity index (χ1n) is 6.57. The van der Waals surface area contributed by atoms with Gasteiger partial charge in [0, 0.05) is 11.5 Å². The van der Waals surface area contributed by atoms with Crippen molar-refractivity contribution in [2.75, 3.05) is 0 Å². The lowest BCUT2D eigenvalue weighted by molar-refractivity contribution is 0.101. The Labute approximate surface area is 140 Å². The molecule has 4 nitrogen and oxygen atoms in total. The summed E-state index contributed by atoms with van der Waals surface area (Å²) in [6.45, 7) is 3.94. The molecule has 2 rings (SSSR count). The van der Waals surface area contributed by atoms with Crippen LogP contribution in [0.5, 0.6) is 5.75 Å². The summed E-state index contributed by atoms with van der Waals surface area (Å²) in [5.74, 6) is 0.554. The summed E-state index contributed by atoms with van der Waals surface area (Å²) in [6.07, 6.45) is 0.851. The molecular formula is C15H16Br2N2O2. The topological polar surface area (TPSA) is 44.1 Å². The van der Waals surface area contributed by atoms with E-state index in [-0.39, 0.29) is 5.78 Å². The van der Waals surface area contributed by atoms with E-state index in [1.54, 1.807) is 10.7 Å². The Morgan fingerprint density at radius 1 is 1.38 bits per heavy atom. The van der Waals surface area contributed by atoms with E-state index in [9.17, 15) is 4.79 Å². The summed E-state index contributed by atoms with van der Waals surface area (Å²) in [6, 6.07) is 5.40. The smallest absolute Gasteiger partial charge is 0.163 e. The third-order valence-corrected chi connectivity index (χ3v) is 4.60. The molecule has 0 fully saturated rings. The van der Waals surface area contributed by atoms with Crippen molar-refractivity contribution in [1.82, 2.24) is 9.78 Å². The Hall–Kier alpha value is -1.14. The molecule has 0 saturated carbocycles. The molecule has 112 valence electrons. The van der Waals surface area contributed by atoms with Crippen molar-refractivity contribution in [3.05, 3.63) is 44.1 Å². The number of hydrogen-bond donors (Lipinski definition) is 0. The number of carbonyl (C=O) groups excluding carboxylic acids is 1. The molecule has 0 bridgehead atoms. The third-order valence-electron chi connectivity index (χ3n) is 3.19. The summed E-state index contributed by atoms with van der Waals surface area (Å²) in [5, 5.41) is 4.43. The molecule has 21 heavy (non-hydrogen) atoms. The lowest BCUT2D eigenvalue weighted by Crippen LogP contribution is -2.06. The average molecular weight is 416 g/mol. The van der Waals surface area contributed by atoms with Crippen LogP contribution >= 0.6 is 31.9 Å². The van der Waals surface area contributed by atoms with Gasteiger partial charge in [-0.25, -0.2) is 0 Å². The number of aryl methyl sites for hydroxylation is 2. The Kier molecular flexibility index (Phi) is 5.22. The summed E-state index contributed by atoms with van der Waals surface area (Å²) < 4.78 is 9.48. The zero-order chi connectivity index (χ0) is 15.6. The molecule has 1 heterocycles. The minimum atomic E-state index is -0.0178. The molecule has 0 atom stereocenters. The van der Waals surface area contributed by atoms with E-state index >= 15 is 0 Å². The summed E-state index contributed by atoms with van der Waals surface area (Å²) >= 11 is 6.96. The second-order valence-corrected chi connectivity index (χ2v) is 6.38. The predicted molar refractivity (Wildman–Crippen MR) is 88.8 cm³/mol. The predicted octanol–water partition coefficient (Wildman–Crippen LogP) is 4.29. The Morgan fingerprint density at radius 3 is 2.67 bits per heavy atom. The van der Waals surface area contributed by atoms with E-state index in [4.69, 9.17) is 4.74 Å². The standard InChI is InChI=1S/C15H16Br2N2O2/c1-4-12-15(17)13(19(3)18-12)8-21-14-7-10(16)5-6-11(14)9(2)20/h5-7H,4,8H2,1-3H3. The molecule has 0 aliphatic heterocycles. The van der Waals surface area contributed by atoms with Gasteiger partial charge in [-0.3, -0.25) is 9.48 Å². The second-order valence-electron chi connectivity index (χ2n) is 4.67. The van der Waals surface area contributed by atoms with Crippen molar-refractivity contribution in [3.8, 4) is 5.75 Å². The van der Waals surface area contributed by atoms with E-state index in [0.29, 0.717) is 17.9 Å². The monoisotopic (exact) mass is 414 g/mol. The number of halogens is 2. The van der Waals surface area contributed by atoms with Gasteiger partial charge in [0.05, 0.1) is 21.4 Å². The van der Waals surface area contributed by atoms with Crippen LogP contribution in [0.15, 0.2) is 27.1 Å². The van der Waals surface area contributed by atoms with Gasteiger partial charge in [0.1, 0.15) is 12.4 Å². The number of benzene rings is 1.